The third-order valence-electron chi connectivity index (χ3n) is 3.62. The Bertz CT molecular complexity index is 453. The fraction of sp³-hybridized carbons (Fsp3) is 0.533. The van der Waals surface area contributed by atoms with Crippen molar-refractivity contribution < 1.29 is 0 Å². The van der Waals surface area contributed by atoms with Crippen LogP contribution in [0.25, 0.3) is 0 Å². The molecule has 1 fully saturated rings. The fourth-order valence-electron chi connectivity index (χ4n) is 1.96. The summed E-state index contributed by atoms with van der Waals surface area (Å²) in [5, 5.41) is 0. The van der Waals surface area contributed by atoms with Gasteiger partial charge in [0.15, 0.2) is 0 Å². The molecule has 1 aliphatic rings. The van der Waals surface area contributed by atoms with Crippen LogP contribution in [-0.2, 0) is 0 Å². The molecular weight excluding hydrogens is 222 g/mol. The molecule has 3 nitrogen and oxygen atoms in total. The molecule has 0 aliphatic heterocycles. The van der Waals surface area contributed by atoms with E-state index in [9.17, 15) is 0 Å². The van der Waals surface area contributed by atoms with Crippen molar-refractivity contribution in [1.29, 1.82) is 0 Å². The molecule has 0 aromatic carbocycles. The summed E-state index contributed by atoms with van der Waals surface area (Å²) in [5.74, 6) is 1.59. The number of hydrogen-bond donors (Lipinski definition) is 0. The maximum absolute atomic E-state index is 4.48. The first kappa shape index (κ1) is 12.9. The van der Waals surface area contributed by atoms with Gasteiger partial charge in [0.25, 0.3) is 0 Å². The van der Waals surface area contributed by atoms with E-state index >= 15 is 0 Å². The molecule has 0 atom stereocenters. The van der Waals surface area contributed by atoms with Crippen LogP contribution in [0.2, 0.25) is 0 Å². The van der Waals surface area contributed by atoms with Crippen molar-refractivity contribution in [3.8, 4) is 0 Å². The zero-order chi connectivity index (χ0) is 13.0. The molecule has 1 heterocycles. The van der Waals surface area contributed by atoms with Crippen molar-refractivity contribution in [2.45, 2.75) is 45.4 Å². The largest absolute Gasteiger partial charge is 0.288 e. The van der Waals surface area contributed by atoms with Gasteiger partial charge in [0, 0.05) is 30.9 Å². The van der Waals surface area contributed by atoms with Gasteiger partial charge in [-0.15, -0.1) is 0 Å². The summed E-state index contributed by atoms with van der Waals surface area (Å²) < 4.78 is 0. The van der Waals surface area contributed by atoms with Gasteiger partial charge in [0.05, 0.1) is 5.71 Å². The molecule has 2 rings (SSSR count). The molecule has 1 aromatic heterocycles. The van der Waals surface area contributed by atoms with E-state index in [2.05, 4.69) is 34.9 Å². The lowest BCUT2D eigenvalue weighted by molar-refractivity contribution is 0.401. The van der Waals surface area contributed by atoms with Crippen LogP contribution in [0.4, 0.5) is 0 Å². The Balaban J connectivity index is 2.17. The Morgan fingerprint density at radius 3 is 2.50 bits per heavy atom. The second-order valence-electron chi connectivity index (χ2n) is 4.91. The molecule has 1 saturated carbocycles. The fourth-order valence-corrected chi connectivity index (χ4v) is 1.96. The van der Waals surface area contributed by atoms with Gasteiger partial charge in [0.1, 0.15) is 5.82 Å². The molecule has 0 saturated heterocycles. The third-order valence-corrected chi connectivity index (χ3v) is 3.62. The Labute approximate surface area is 109 Å². The molecule has 1 aromatic rings. The second kappa shape index (κ2) is 5.89. The summed E-state index contributed by atoms with van der Waals surface area (Å²) in [6.45, 7) is 4.27. The van der Waals surface area contributed by atoms with Crippen molar-refractivity contribution in [2.24, 2.45) is 4.99 Å². The highest BCUT2D eigenvalue weighted by Crippen LogP contribution is 2.33. The van der Waals surface area contributed by atoms with Crippen LogP contribution in [0.5, 0.6) is 0 Å². The van der Waals surface area contributed by atoms with E-state index in [1.807, 2.05) is 19.4 Å². The predicted octanol–water partition coefficient (Wildman–Crippen LogP) is 3.52. The van der Waals surface area contributed by atoms with Crippen molar-refractivity contribution in [2.75, 3.05) is 7.05 Å². The molecule has 96 valence electrons. The van der Waals surface area contributed by atoms with Gasteiger partial charge < -0.3 is 0 Å². The lowest BCUT2D eigenvalue weighted by Crippen LogP contribution is -2.13. The zero-order valence-corrected chi connectivity index (χ0v) is 11.5. The number of aromatic nitrogens is 2. The van der Waals surface area contributed by atoms with Crippen LogP contribution >= 0.6 is 0 Å². The van der Waals surface area contributed by atoms with E-state index in [0.29, 0.717) is 5.92 Å². The standard InChI is InChI=1S/C15H21N3/c1-4-11(2)8-14(16-3)13-9-17-15(18-10-13)12-6-5-7-12/h8-10,12H,4-7H2,1-3H3/b11-8-,16-14?. The monoisotopic (exact) mass is 243 g/mol. The van der Waals surface area contributed by atoms with Gasteiger partial charge in [-0.25, -0.2) is 9.97 Å². The quantitative estimate of drug-likeness (QED) is 0.759. The highest BCUT2D eigenvalue weighted by atomic mass is 14.9. The first-order chi connectivity index (χ1) is 8.74. The first-order valence-electron chi connectivity index (χ1n) is 6.70. The Hall–Kier alpha value is -1.51. The van der Waals surface area contributed by atoms with E-state index in [0.717, 1.165) is 23.5 Å². The molecule has 0 N–H and O–H groups in total. The number of allylic oxidation sites excluding steroid dienone is 2. The van der Waals surface area contributed by atoms with Crippen molar-refractivity contribution >= 4 is 5.71 Å². The van der Waals surface area contributed by atoms with E-state index < -0.39 is 0 Å². The van der Waals surface area contributed by atoms with Crippen LogP contribution in [0.3, 0.4) is 0 Å². The van der Waals surface area contributed by atoms with Gasteiger partial charge in [-0.3, -0.25) is 4.99 Å². The number of aliphatic imine (C=N–C) groups is 1. The summed E-state index contributed by atoms with van der Waals surface area (Å²) in [7, 11) is 1.81. The van der Waals surface area contributed by atoms with Gasteiger partial charge in [-0.05, 0) is 32.3 Å². The Kier molecular flexibility index (Phi) is 4.24. The van der Waals surface area contributed by atoms with Crippen molar-refractivity contribution in [3.63, 3.8) is 0 Å². The van der Waals surface area contributed by atoms with Gasteiger partial charge in [0.2, 0.25) is 0 Å². The molecule has 0 amide bonds. The molecule has 0 radical (unpaired) electrons. The van der Waals surface area contributed by atoms with Crippen molar-refractivity contribution in [1.82, 2.24) is 9.97 Å². The predicted molar refractivity (Wildman–Crippen MR) is 75.1 cm³/mol. The number of rotatable bonds is 4. The zero-order valence-electron chi connectivity index (χ0n) is 11.5. The van der Waals surface area contributed by atoms with Crippen LogP contribution < -0.4 is 0 Å². The summed E-state index contributed by atoms with van der Waals surface area (Å²) in [6, 6.07) is 0. The van der Waals surface area contributed by atoms with E-state index in [1.54, 1.807) is 0 Å². The van der Waals surface area contributed by atoms with Gasteiger partial charge in [-0.2, -0.15) is 0 Å². The number of nitrogens with zero attached hydrogens (tertiary/aromatic N) is 3. The van der Waals surface area contributed by atoms with E-state index in [-0.39, 0.29) is 0 Å². The van der Waals surface area contributed by atoms with Gasteiger partial charge in [-0.1, -0.05) is 18.9 Å². The normalized spacial score (nSPS) is 17.7. The molecule has 1 aliphatic carbocycles. The van der Waals surface area contributed by atoms with Crippen LogP contribution in [-0.4, -0.2) is 22.7 Å². The van der Waals surface area contributed by atoms with Crippen LogP contribution in [0, 0.1) is 0 Å². The molecule has 0 unspecified atom stereocenters. The maximum Gasteiger partial charge on any atom is 0.131 e. The molecule has 3 heteroatoms. The average Bonchev–Trinajstić information content (AvgIpc) is 2.34. The lowest BCUT2D eigenvalue weighted by atomic mass is 9.85. The lowest BCUT2D eigenvalue weighted by Gasteiger charge is -2.23. The molecule has 0 spiro atoms. The average molecular weight is 243 g/mol. The maximum atomic E-state index is 4.48. The Morgan fingerprint density at radius 2 is 2.06 bits per heavy atom. The minimum Gasteiger partial charge on any atom is -0.288 e. The minimum atomic E-state index is 0.592. The molecule has 18 heavy (non-hydrogen) atoms. The third kappa shape index (κ3) is 2.84. The second-order valence-corrected chi connectivity index (χ2v) is 4.91. The first-order valence-corrected chi connectivity index (χ1v) is 6.70. The highest BCUT2D eigenvalue weighted by Gasteiger charge is 2.21. The topological polar surface area (TPSA) is 38.1 Å². The van der Waals surface area contributed by atoms with Crippen LogP contribution in [0.15, 0.2) is 29.0 Å². The SMILES string of the molecule is CC/C(C)=C\C(=NC)c1cnc(C2CCC2)nc1. The summed E-state index contributed by atoms with van der Waals surface area (Å²) in [5.41, 5.74) is 3.29. The highest BCUT2D eigenvalue weighted by molar-refractivity contribution is 6.08. The summed E-state index contributed by atoms with van der Waals surface area (Å²) >= 11 is 0. The molecule has 0 bridgehead atoms. The van der Waals surface area contributed by atoms with E-state index in [4.69, 9.17) is 0 Å². The Morgan fingerprint density at radius 1 is 1.39 bits per heavy atom. The number of hydrogen-bond acceptors (Lipinski definition) is 3. The summed E-state index contributed by atoms with van der Waals surface area (Å²) in [6.07, 6.45) is 10.8. The minimum absolute atomic E-state index is 0.592. The van der Waals surface area contributed by atoms with Gasteiger partial charge >= 0.3 is 0 Å². The summed E-state index contributed by atoms with van der Waals surface area (Å²) in [4.78, 5) is 13.3. The van der Waals surface area contributed by atoms with Crippen molar-refractivity contribution in [3.05, 3.63) is 35.4 Å². The van der Waals surface area contributed by atoms with E-state index in [1.165, 1.54) is 24.8 Å². The smallest absolute Gasteiger partial charge is 0.131 e. The van der Waals surface area contributed by atoms with Crippen LogP contribution in [0.1, 0.15) is 56.8 Å². The molecular formula is C15H21N3.